The van der Waals surface area contributed by atoms with E-state index in [1.54, 1.807) is 6.92 Å². The fraction of sp³-hybridized carbons (Fsp3) is 0.667. The molecule has 1 rings (SSSR count). The van der Waals surface area contributed by atoms with Gasteiger partial charge >= 0.3 is 12.1 Å². The molecule has 1 heterocycles. The monoisotopic (exact) mass is 313 g/mol. The van der Waals surface area contributed by atoms with Gasteiger partial charge in [0.05, 0.1) is 0 Å². The largest absolute Gasteiger partial charge is 0.471 e. The Morgan fingerprint density at radius 3 is 2.33 bits per heavy atom. The summed E-state index contributed by atoms with van der Waals surface area (Å²) in [5, 5.41) is 2.83. The van der Waals surface area contributed by atoms with Crippen molar-refractivity contribution in [3.05, 3.63) is 11.9 Å². The van der Waals surface area contributed by atoms with E-state index in [4.69, 9.17) is 0 Å². The van der Waals surface area contributed by atoms with Gasteiger partial charge in [0.1, 0.15) is 11.6 Å². The molecule has 4 nitrogen and oxygen atoms in total. The minimum atomic E-state index is -5.66. The van der Waals surface area contributed by atoms with Crippen LogP contribution < -0.4 is 10.1 Å². The highest BCUT2D eigenvalue weighted by atomic mass is 19.4. The van der Waals surface area contributed by atoms with E-state index >= 15 is 0 Å². The molecule has 1 N–H and O–H groups in total. The van der Waals surface area contributed by atoms with Crippen LogP contribution in [0.25, 0.3) is 0 Å². The lowest BCUT2D eigenvalue weighted by Gasteiger charge is -2.19. The molecule has 0 atom stereocenters. The number of halogens is 5. The molecule has 120 valence electrons. The second kappa shape index (κ2) is 6.86. The molecule has 0 aromatic carbocycles. The highest BCUT2D eigenvalue weighted by Crippen LogP contribution is 2.35. The zero-order chi connectivity index (χ0) is 16.1. The van der Waals surface area contributed by atoms with E-state index in [0.717, 1.165) is 0 Å². The summed E-state index contributed by atoms with van der Waals surface area (Å²) in [6, 6.07) is 1.19. The number of nitrogens with one attached hydrogen (secondary N) is 1. The summed E-state index contributed by atoms with van der Waals surface area (Å²) in [5.41, 5.74) is 0. The molecule has 0 radical (unpaired) electrons. The molecule has 0 amide bonds. The van der Waals surface area contributed by atoms with Gasteiger partial charge in [-0.05, 0) is 13.3 Å². The number of aryl methyl sites for hydroxylation is 1. The first-order chi connectivity index (χ1) is 9.69. The predicted molar refractivity (Wildman–Crippen MR) is 66.7 cm³/mol. The van der Waals surface area contributed by atoms with Crippen molar-refractivity contribution in [1.29, 1.82) is 0 Å². The van der Waals surface area contributed by atoms with Gasteiger partial charge in [-0.2, -0.15) is 26.9 Å². The molecule has 0 saturated heterocycles. The SMILES string of the molecule is CCCc1nc(NCC)cc(OCC(F)(F)C(F)(F)F)n1. The number of aromatic nitrogens is 2. The molecule has 0 aliphatic rings. The van der Waals surface area contributed by atoms with Gasteiger partial charge in [0, 0.05) is 19.0 Å². The van der Waals surface area contributed by atoms with Crippen molar-refractivity contribution in [2.24, 2.45) is 0 Å². The molecule has 0 bridgehead atoms. The zero-order valence-corrected chi connectivity index (χ0v) is 11.6. The van der Waals surface area contributed by atoms with E-state index < -0.39 is 18.7 Å². The van der Waals surface area contributed by atoms with Crippen molar-refractivity contribution in [2.75, 3.05) is 18.5 Å². The maximum Gasteiger partial charge on any atom is 0.456 e. The number of ether oxygens (including phenoxy) is 1. The number of anilines is 1. The Bertz CT molecular complexity index is 440. The molecule has 0 unspecified atom stereocenters. The summed E-state index contributed by atoms with van der Waals surface area (Å²) in [6.45, 7) is 2.35. The number of hydrogen-bond donors (Lipinski definition) is 1. The third-order valence-electron chi connectivity index (χ3n) is 2.40. The third-order valence-corrected chi connectivity index (χ3v) is 2.40. The van der Waals surface area contributed by atoms with Crippen LogP contribution in [0, 0.1) is 0 Å². The van der Waals surface area contributed by atoms with Crippen molar-refractivity contribution in [1.82, 2.24) is 9.97 Å². The molecule has 0 fully saturated rings. The van der Waals surface area contributed by atoms with E-state index in [0.29, 0.717) is 31.0 Å². The summed E-state index contributed by atoms with van der Waals surface area (Å²) in [4.78, 5) is 7.91. The van der Waals surface area contributed by atoms with Gasteiger partial charge in [-0.25, -0.2) is 4.98 Å². The lowest BCUT2D eigenvalue weighted by Crippen LogP contribution is -2.41. The van der Waals surface area contributed by atoms with E-state index in [2.05, 4.69) is 20.0 Å². The van der Waals surface area contributed by atoms with Gasteiger partial charge in [0.15, 0.2) is 6.61 Å². The Balaban J connectivity index is 2.87. The molecule has 0 spiro atoms. The lowest BCUT2D eigenvalue weighted by molar-refractivity contribution is -0.290. The lowest BCUT2D eigenvalue weighted by atomic mass is 10.3. The summed E-state index contributed by atoms with van der Waals surface area (Å²) >= 11 is 0. The molecule has 0 saturated carbocycles. The van der Waals surface area contributed by atoms with E-state index in [-0.39, 0.29) is 5.88 Å². The second-order valence-electron chi connectivity index (χ2n) is 4.28. The second-order valence-corrected chi connectivity index (χ2v) is 4.28. The topological polar surface area (TPSA) is 47.0 Å². The summed E-state index contributed by atoms with van der Waals surface area (Å²) in [5.74, 6) is -4.60. The van der Waals surface area contributed by atoms with Crippen LogP contribution in [0.15, 0.2) is 6.07 Å². The van der Waals surface area contributed by atoms with Gasteiger partial charge < -0.3 is 10.1 Å². The zero-order valence-electron chi connectivity index (χ0n) is 11.6. The van der Waals surface area contributed by atoms with E-state index in [1.807, 2.05) is 6.92 Å². The van der Waals surface area contributed by atoms with Crippen molar-refractivity contribution in [3.8, 4) is 5.88 Å². The van der Waals surface area contributed by atoms with Gasteiger partial charge in [0.2, 0.25) is 5.88 Å². The summed E-state index contributed by atoms with van der Waals surface area (Å²) in [6.07, 6.45) is -4.49. The number of alkyl halides is 5. The van der Waals surface area contributed by atoms with Crippen LogP contribution in [-0.2, 0) is 6.42 Å². The van der Waals surface area contributed by atoms with Crippen molar-refractivity contribution >= 4 is 5.82 Å². The van der Waals surface area contributed by atoms with Crippen molar-refractivity contribution < 1.29 is 26.7 Å². The van der Waals surface area contributed by atoms with E-state index in [9.17, 15) is 22.0 Å². The van der Waals surface area contributed by atoms with Crippen LogP contribution in [0.4, 0.5) is 27.8 Å². The standard InChI is InChI=1S/C12H16F5N3O/c1-3-5-8-19-9(18-4-2)6-10(20-8)21-7-11(13,14)12(15,16)17/h6H,3-5,7H2,1-2H3,(H,18,19,20). The first-order valence-corrected chi connectivity index (χ1v) is 6.38. The van der Waals surface area contributed by atoms with Crippen LogP contribution in [0.3, 0.4) is 0 Å². The molecule has 0 aliphatic heterocycles. The summed E-state index contributed by atoms with van der Waals surface area (Å²) in [7, 11) is 0. The van der Waals surface area contributed by atoms with E-state index in [1.165, 1.54) is 6.07 Å². The Morgan fingerprint density at radius 1 is 1.14 bits per heavy atom. The molecular weight excluding hydrogens is 297 g/mol. The molecule has 1 aromatic rings. The van der Waals surface area contributed by atoms with Gasteiger partial charge in [0.25, 0.3) is 0 Å². The normalized spacial score (nSPS) is 12.3. The maximum atomic E-state index is 12.8. The fourth-order valence-electron chi connectivity index (χ4n) is 1.40. The number of hydrogen-bond acceptors (Lipinski definition) is 4. The minimum Gasteiger partial charge on any atom is -0.471 e. The summed E-state index contributed by atoms with van der Waals surface area (Å²) < 4.78 is 66.3. The minimum absolute atomic E-state index is 0.312. The first kappa shape index (κ1) is 17.4. The molecule has 9 heteroatoms. The highest BCUT2D eigenvalue weighted by Gasteiger charge is 2.58. The predicted octanol–water partition coefficient (Wildman–Crippen LogP) is 3.44. The van der Waals surface area contributed by atoms with Gasteiger partial charge in [-0.15, -0.1) is 0 Å². The quantitative estimate of drug-likeness (QED) is 0.783. The van der Waals surface area contributed by atoms with Crippen LogP contribution in [-0.4, -0.2) is 35.2 Å². The van der Waals surface area contributed by atoms with Crippen LogP contribution in [0.5, 0.6) is 5.88 Å². The average molecular weight is 313 g/mol. The van der Waals surface area contributed by atoms with Crippen molar-refractivity contribution in [3.63, 3.8) is 0 Å². The third kappa shape index (κ3) is 4.98. The Morgan fingerprint density at radius 2 is 1.81 bits per heavy atom. The number of nitrogens with zero attached hydrogens (tertiary/aromatic N) is 2. The average Bonchev–Trinajstić information content (AvgIpc) is 2.36. The maximum absolute atomic E-state index is 12.8. The van der Waals surface area contributed by atoms with Crippen LogP contribution in [0.1, 0.15) is 26.1 Å². The van der Waals surface area contributed by atoms with Crippen molar-refractivity contribution in [2.45, 2.75) is 38.8 Å². The molecular formula is C12H16F5N3O. The molecule has 21 heavy (non-hydrogen) atoms. The highest BCUT2D eigenvalue weighted by molar-refractivity contribution is 5.38. The first-order valence-electron chi connectivity index (χ1n) is 6.38. The van der Waals surface area contributed by atoms with Gasteiger partial charge in [-0.1, -0.05) is 6.92 Å². The Hall–Kier alpha value is -1.67. The fourth-order valence-corrected chi connectivity index (χ4v) is 1.40. The molecule has 0 aliphatic carbocycles. The Kier molecular flexibility index (Phi) is 5.68. The smallest absolute Gasteiger partial charge is 0.456 e. The van der Waals surface area contributed by atoms with Gasteiger partial charge in [-0.3, -0.25) is 0 Å². The Labute approximate surface area is 118 Å². The van der Waals surface area contributed by atoms with Crippen LogP contribution >= 0.6 is 0 Å². The molecule has 1 aromatic heterocycles. The number of rotatable bonds is 7. The van der Waals surface area contributed by atoms with Crippen LogP contribution in [0.2, 0.25) is 0 Å².